The first-order valence-electron chi connectivity index (χ1n) is 19.1. The molecule has 2 heterocycles. The number of hydrogen-bond donors (Lipinski definition) is 3. The summed E-state index contributed by atoms with van der Waals surface area (Å²) >= 11 is 0. The first kappa shape index (κ1) is 38.4. The summed E-state index contributed by atoms with van der Waals surface area (Å²) in [6.45, 7) is 4.12. The highest BCUT2D eigenvalue weighted by atomic mass is 16.7. The van der Waals surface area contributed by atoms with E-state index in [-0.39, 0.29) is 30.8 Å². The number of carbonyl (C=O) groups is 1. The molecule has 0 radical (unpaired) electrons. The first-order valence-corrected chi connectivity index (χ1v) is 19.1. The number of nitrogens with zero attached hydrogens (tertiary/aromatic N) is 2. The van der Waals surface area contributed by atoms with Crippen molar-refractivity contribution in [3.05, 3.63) is 180 Å². The van der Waals surface area contributed by atoms with Gasteiger partial charge in [0.25, 0.3) is 0 Å². The molecule has 1 fully saturated rings. The molecule has 9 heteroatoms. The van der Waals surface area contributed by atoms with E-state index in [4.69, 9.17) is 14.2 Å². The Morgan fingerprint density at radius 2 is 1.50 bits per heavy atom. The zero-order valence-corrected chi connectivity index (χ0v) is 31.8. The molecule has 6 aromatic rings. The number of pyridine rings is 1. The van der Waals surface area contributed by atoms with Crippen molar-refractivity contribution in [1.82, 2.24) is 15.2 Å². The molecule has 0 spiro atoms. The molecule has 2 amide bonds. The molecule has 5 aromatic carbocycles. The van der Waals surface area contributed by atoms with Crippen LogP contribution in [-0.4, -0.2) is 47.3 Å². The number of hydrogen-bond acceptors (Lipinski definition) is 7. The van der Waals surface area contributed by atoms with Crippen LogP contribution in [0.1, 0.15) is 47.3 Å². The Kier molecular flexibility index (Phi) is 12.8. The smallest absolute Gasteiger partial charge is 0.319 e. The molecule has 0 unspecified atom stereocenters. The van der Waals surface area contributed by atoms with Crippen LogP contribution in [-0.2, 0) is 29.0 Å². The SMILES string of the molecule is C[C@H]1[C@@H](CN(C)CCc2ccccn2)O[C@@H](c2cccc(-c3cccc(CNC(=O)Nc4ccc(Oc5ccccc5)cc4)c3)c2)O[C@H]1c1ccc(CO)cc1. The van der Waals surface area contributed by atoms with Crippen LogP contribution in [0.5, 0.6) is 11.5 Å². The molecular formula is C47H48N4O5. The summed E-state index contributed by atoms with van der Waals surface area (Å²) in [4.78, 5) is 19.6. The molecule has 7 rings (SSSR count). The number of aliphatic hydroxyl groups excluding tert-OH is 1. The van der Waals surface area contributed by atoms with Gasteiger partial charge in [0, 0.05) is 55.1 Å². The van der Waals surface area contributed by atoms with Gasteiger partial charge < -0.3 is 34.9 Å². The minimum atomic E-state index is -0.588. The van der Waals surface area contributed by atoms with Gasteiger partial charge in [-0.15, -0.1) is 0 Å². The van der Waals surface area contributed by atoms with Gasteiger partial charge in [0.2, 0.25) is 0 Å². The lowest BCUT2D eigenvalue weighted by Crippen LogP contribution is -2.43. The number of benzene rings is 5. The number of anilines is 1. The predicted octanol–water partition coefficient (Wildman–Crippen LogP) is 9.32. The molecule has 0 saturated carbocycles. The maximum Gasteiger partial charge on any atom is 0.319 e. The second-order valence-corrected chi connectivity index (χ2v) is 14.2. The maximum absolute atomic E-state index is 12.8. The van der Waals surface area contributed by atoms with E-state index in [9.17, 15) is 9.90 Å². The van der Waals surface area contributed by atoms with Crippen molar-refractivity contribution >= 4 is 11.7 Å². The summed E-state index contributed by atoms with van der Waals surface area (Å²) in [5.41, 5.74) is 7.58. The number of urea groups is 1. The molecule has 3 N–H and O–H groups in total. The van der Waals surface area contributed by atoms with E-state index in [2.05, 4.69) is 64.8 Å². The van der Waals surface area contributed by atoms with Crippen LogP contribution in [0.15, 0.2) is 152 Å². The fourth-order valence-corrected chi connectivity index (χ4v) is 6.89. The zero-order valence-electron chi connectivity index (χ0n) is 31.8. The summed E-state index contributed by atoms with van der Waals surface area (Å²) in [7, 11) is 2.13. The molecule has 1 aliphatic rings. The minimum absolute atomic E-state index is 0.00544. The largest absolute Gasteiger partial charge is 0.457 e. The molecule has 4 atom stereocenters. The van der Waals surface area contributed by atoms with E-state index < -0.39 is 6.29 Å². The van der Waals surface area contributed by atoms with Crippen molar-refractivity contribution in [2.24, 2.45) is 5.92 Å². The maximum atomic E-state index is 12.8. The third kappa shape index (κ3) is 10.3. The fraction of sp³-hybridized carbons (Fsp3) is 0.234. The highest BCUT2D eigenvalue weighted by molar-refractivity contribution is 5.89. The number of para-hydroxylation sites is 1. The number of amides is 2. The average Bonchev–Trinajstić information content (AvgIpc) is 3.24. The topological polar surface area (TPSA) is 105 Å². The number of nitrogens with one attached hydrogen (secondary N) is 2. The Labute approximate surface area is 328 Å². The Bertz CT molecular complexity index is 2150. The van der Waals surface area contributed by atoms with Crippen molar-refractivity contribution in [2.75, 3.05) is 25.5 Å². The lowest BCUT2D eigenvalue weighted by atomic mass is 9.90. The molecule has 0 aliphatic carbocycles. The van der Waals surface area contributed by atoms with Crippen LogP contribution in [0.25, 0.3) is 11.1 Å². The van der Waals surface area contributed by atoms with Crippen LogP contribution < -0.4 is 15.4 Å². The molecule has 0 bridgehead atoms. The Morgan fingerprint density at radius 1 is 0.768 bits per heavy atom. The number of aliphatic hydroxyl groups is 1. The molecule has 286 valence electrons. The van der Waals surface area contributed by atoms with Gasteiger partial charge in [-0.2, -0.15) is 0 Å². The van der Waals surface area contributed by atoms with E-state index in [0.717, 1.165) is 64.3 Å². The predicted molar refractivity (Wildman–Crippen MR) is 219 cm³/mol. The van der Waals surface area contributed by atoms with Crippen molar-refractivity contribution in [3.8, 4) is 22.6 Å². The summed E-state index contributed by atoms with van der Waals surface area (Å²) in [5, 5.41) is 15.5. The van der Waals surface area contributed by atoms with Gasteiger partial charge in [0.15, 0.2) is 6.29 Å². The Balaban J connectivity index is 1.01. The van der Waals surface area contributed by atoms with Crippen molar-refractivity contribution in [3.63, 3.8) is 0 Å². The normalized spacial score (nSPS) is 18.0. The third-order valence-electron chi connectivity index (χ3n) is 10.1. The number of rotatable bonds is 14. The monoisotopic (exact) mass is 748 g/mol. The van der Waals surface area contributed by atoms with Gasteiger partial charge in [-0.1, -0.05) is 91.9 Å². The molecule has 56 heavy (non-hydrogen) atoms. The lowest BCUT2D eigenvalue weighted by molar-refractivity contribution is -0.275. The third-order valence-corrected chi connectivity index (χ3v) is 10.1. The summed E-state index contributed by atoms with van der Waals surface area (Å²) in [6.07, 6.45) is 1.79. The molecule has 1 aromatic heterocycles. The second kappa shape index (κ2) is 18.7. The van der Waals surface area contributed by atoms with Crippen molar-refractivity contribution in [1.29, 1.82) is 0 Å². The lowest BCUT2D eigenvalue weighted by Gasteiger charge is -2.42. The quantitative estimate of drug-likeness (QED) is 0.102. The summed E-state index contributed by atoms with van der Waals surface area (Å²) in [5.74, 6) is 1.51. The minimum Gasteiger partial charge on any atom is -0.457 e. The number of ether oxygens (including phenoxy) is 3. The highest BCUT2D eigenvalue weighted by Gasteiger charge is 2.39. The molecular weight excluding hydrogens is 701 g/mol. The van der Waals surface area contributed by atoms with Crippen LogP contribution >= 0.6 is 0 Å². The number of likely N-dealkylation sites (N-methyl/N-ethyl adjacent to an activating group) is 1. The average molecular weight is 749 g/mol. The van der Waals surface area contributed by atoms with Gasteiger partial charge >= 0.3 is 6.03 Å². The van der Waals surface area contributed by atoms with Gasteiger partial charge in [0.1, 0.15) is 11.5 Å². The van der Waals surface area contributed by atoms with Crippen molar-refractivity contribution < 1.29 is 24.1 Å². The van der Waals surface area contributed by atoms with E-state index in [0.29, 0.717) is 18.0 Å². The number of carbonyl (C=O) groups excluding carboxylic acids is 1. The molecule has 9 nitrogen and oxygen atoms in total. The summed E-state index contributed by atoms with van der Waals surface area (Å²) < 4.78 is 19.4. The van der Waals surface area contributed by atoms with Gasteiger partial charge in [-0.25, -0.2) is 4.79 Å². The first-order chi connectivity index (χ1) is 27.4. The van der Waals surface area contributed by atoms with Gasteiger partial charge in [-0.3, -0.25) is 4.98 Å². The Hall–Kier alpha value is -5.84. The van der Waals surface area contributed by atoms with Crippen molar-refractivity contribution in [2.45, 2.75) is 45.0 Å². The molecule has 1 aliphatic heterocycles. The summed E-state index contributed by atoms with van der Waals surface area (Å²) in [6, 6.07) is 47.0. The van der Waals surface area contributed by atoms with Crippen LogP contribution in [0.4, 0.5) is 10.5 Å². The highest BCUT2D eigenvalue weighted by Crippen LogP contribution is 2.42. The van der Waals surface area contributed by atoms with E-state index in [1.807, 2.05) is 121 Å². The standard InChI is InChI=1S/C47H48N4O5/c1-33-44(31-51(2)27-25-40-14-6-7-26-48-40)55-46(56-45(33)36-19-17-34(32-52)18-20-36)39-13-9-12-38(29-39)37-11-8-10-35(28-37)30-49-47(53)50-41-21-23-43(24-22-41)54-42-15-4-3-5-16-42/h3-24,26,28-29,33,44-46,52H,25,27,30-32H2,1-2H3,(H2,49,50,53)/t33-,44+,45+,46+/m0/s1. The zero-order chi connectivity index (χ0) is 38.7. The molecule has 1 saturated heterocycles. The van der Waals surface area contributed by atoms with E-state index in [1.54, 1.807) is 0 Å². The van der Waals surface area contributed by atoms with E-state index in [1.165, 1.54) is 0 Å². The van der Waals surface area contributed by atoms with Crippen LogP contribution in [0, 0.1) is 5.92 Å². The number of aromatic nitrogens is 1. The second-order valence-electron chi connectivity index (χ2n) is 14.2. The van der Waals surface area contributed by atoms with E-state index >= 15 is 0 Å². The Morgan fingerprint density at radius 3 is 2.25 bits per heavy atom. The van der Waals surface area contributed by atoms with Crippen LogP contribution in [0.2, 0.25) is 0 Å². The van der Waals surface area contributed by atoms with Crippen LogP contribution in [0.3, 0.4) is 0 Å². The van der Waals surface area contributed by atoms with Gasteiger partial charge in [-0.05, 0) is 95.5 Å². The fourth-order valence-electron chi connectivity index (χ4n) is 6.89. The van der Waals surface area contributed by atoms with Gasteiger partial charge in [0.05, 0.1) is 18.8 Å².